The maximum Gasteiger partial charge on any atom is 0.278 e. The summed E-state index contributed by atoms with van der Waals surface area (Å²) >= 11 is 4.41. The molecule has 5 nitrogen and oxygen atoms in total. The Bertz CT molecular complexity index is 473. The minimum Gasteiger partial charge on any atom is -0.304 e. The molecular weight excluding hydrogens is 280 g/mol. The summed E-state index contributed by atoms with van der Waals surface area (Å²) in [6.45, 7) is 0. The predicted molar refractivity (Wildman–Crippen MR) is 59.8 cm³/mol. The van der Waals surface area contributed by atoms with Gasteiger partial charge in [-0.05, 0) is 39.6 Å². The van der Waals surface area contributed by atoms with E-state index in [4.69, 9.17) is 0 Å². The smallest absolute Gasteiger partial charge is 0.278 e. The highest BCUT2D eigenvalue weighted by atomic mass is 79.9. The van der Waals surface area contributed by atoms with Gasteiger partial charge in [0.2, 0.25) is 0 Å². The Kier molecular flexibility index (Phi) is 3.02. The van der Waals surface area contributed by atoms with Gasteiger partial charge in [-0.3, -0.25) is 4.79 Å². The summed E-state index contributed by atoms with van der Waals surface area (Å²) in [5, 5.41) is 7.85. The van der Waals surface area contributed by atoms with E-state index in [1.165, 1.54) is 0 Å². The lowest BCUT2D eigenvalue weighted by atomic mass is 10.4. The van der Waals surface area contributed by atoms with Gasteiger partial charge in [-0.1, -0.05) is 4.49 Å². The lowest BCUT2D eigenvalue weighted by Gasteiger charge is -2.02. The number of hydrogen-bond donors (Lipinski definition) is 1. The molecule has 0 atom stereocenters. The zero-order chi connectivity index (χ0) is 10.7. The number of halogens is 1. The van der Waals surface area contributed by atoms with Crippen molar-refractivity contribution in [3.8, 4) is 0 Å². The van der Waals surface area contributed by atoms with E-state index in [9.17, 15) is 4.79 Å². The normalized spacial score (nSPS) is 9.93. The Hall–Kier alpha value is -1.34. The molecule has 0 aliphatic rings. The van der Waals surface area contributed by atoms with Crippen LogP contribution in [0.25, 0.3) is 0 Å². The van der Waals surface area contributed by atoms with Gasteiger partial charge in [-0.2, -0.15) is 0 Å². The average Bonchev–Trinajstić information content (AvgIpc) is 2.74. The molecule has 0 bridgehead atoms. The Labute approximate surface area is 97.8 Å². The number of rotatable bonds is 2. The van der Waals surface area contributed by atoms with Crippen LogP contribution in [0.4, 0.5) is 5.82 Å². The van der Waals surface area contributed by atoms with Crippen LogP contribution in [0.3, 0.4) is 0 Å². The van der Waals surface area contributed by atoms with E-state index in [1.54, 1.807) is 23.7 Å². The first-order valence-corrected chi connectivity index (χ1v) is 5.59. The van der Waals surface area contributed by atoms with Gasteiger partial charge in [0.15, 0.2) is 5.69 Å². The van der Waals surface area contributed by atoms with Crippen molar-refractivity contribution < 1.29 is 4.79 Å². The van der Waals surface area contributed by atoms with Gasteiger partial charge >= 0.3 is 0 Å². The number of aromatic nitrogens is 3. The fourth-order valence-electron chi connectivity index (χ4n) is 0.913. The van der Waals surface area contributed by atoms with Crippen LogP contribution in [0, 0.1) is 0 Å². The summed E-state index contributed by atoms with van der Waals surface area (Å²) in [5.41, 5.74) is 0.289. The van der Waals surface area contributed by atoms with Crippen LogP contribution in [0.1, 0.15) is 10.5 Å². The molecule has 0 radical (unpaired) electrons. The Morgan fingerprint density at radius 3 is 3.07 bits per heavy atom. The fourth-order valence-corrected chi connectivity index (χ4v) is 1.70. The van der Waals surface area contributed by atoms with Crippen molar-refractivity contribution in [3.05, 3.63) is 33.9 Å². The Morgan fingerprint density at radius 2 is 2.40 bits per heavy atom. The molecule has 0 aliphatic heterocycles. The fraction of sp³-hybridized carbons (Fsp3) is 0. The number of carbonyl (C=O) groups is 1. The summed E-state index contributed by atoms with van der Waals surface area (Å²) in [7, 11) is 0. The van der Waals surface area contributed by atoms with Crippen LogP contribution in [-0.2, 0) is 0 Å². The topological polar surface area (TPSA) is 67.8 Å². The van der Waals surface area contributed by atoms with Gasteiger partial charge in [-0.15, -0.1) is 5.10 Å². The molecule has 0 aromatic carbocycles. The average molecular weight is 285 g/mol. The third kappa shape index (κ3) is 2.37. The second-order valence-corrected chi connectivity index (χ2v) is 4.04. The first kappa shape index (κ1) is 10.2. The highest BCUT2D eigenvalue weighted by Crippen LogP contribution is 2.18. The van der Waals surface area contributed by atoms with E-state index < -0.39 is 0 Å². The van der Waals surface area contributed by atoms with E-state index in [1.807, 2.05) is 0 Å². The van der Waals surface area contributed by atoms with Crippen LogP contribution in [0.15, 0.2) is 28.2 Å². The molecule has 1 amide bonds. The highest BCUT2D eigenvalue weighted by Gasteiger charge is 2.10. The maximum absolute atomic E-state index is 11.6. The molecule has 2 heterocycles. The van der Waals surface area contributed by atoms with Crippen molar-refractivity contribution in [3.63, 3.8) is 0 Å². The molecule has 76 valence electrons. The first-order valence-electron chi connectivity index (χ1n) is 3.96. The molecule has 15 heavy (non-hydrogen) atoms. The van der Waals surface area contributed by atoms with Crippen LogP contribution < -0.4 is 5.32 Å². The van der Waals surface area contributed by atoms with Gasteiger partial charge in [0, 0.05) is 11.6 Å². The Balaban J connectivity index is 2.17. The van der Waals surface area contributed by atoms with Crippen LogP contribution in [0.5, 0.6) is 0 Å². The quantitative estimate of drug-likeness (QED) is 0.915. The van der Waals surface area contributed by atoms with Crippen LogP contribution in [-0.4, -0.2) is 20.5 Å². The van der Waals surface area contributed by atoms with Crippen molar-refractivity contribution >= 4 is 39.2 Å². The lowest BCUT2D eigenvalue weighted by Crippen LogP contribution is -2.13. The van der Waals surface area contributed by atoms with E-state index in [2.05, 4.69) is 35.8 Å². The number of nitrogens with one attached hydrogen (secondary N) is 1. The summed E-state index contributed by atoms with van der Waals surface area (Å²) in [5.74, 6) is 0.152. The highest BCUT2D eigenvalue weighted by molar-refractivity contribution is 9.10. The largest absolute Gasteiger partial charge is 0.304 e. The van der Waals surface area contributed by atoms with E-state index in [0.29, 0.717) is 5.82 Å². The SMILES string of the molecule is O=C(Nc1ncccc1Br)c1csnn1. The lowest BCUT2D eigenvalue weighted by molar-refractivity contribution is 0.102. The Morgan fingerprint density at radius 1 is 1.53 bits per heavy atom. The van der Waals surface area contributed by atoms with Crippen molar-refractivity contribution in [1.29, 1.82) is 0 Å². The molecule has 1 N–H and O–H groups in total. The van der Waals surface area contributed by atoms with Gasteiger partial charge < -0.3 is 5.32 Å². The third-order valence-electron chi connectivity index (χ3n) is 1.58. The zero-order valence-electron chi connectivity index (χ0n) is 7.35. The summed E-state index contributed by atoms with van der Waals surface area (Å²) in [6.07, 6.45) is 1.60. The second kappa shape index (κ2) is 4.45. The number of carbonyl (C=O) groups excluding carboxylic acids is 1. The maximum atomic E-state index is 11.6. The number of anilines is 1. The second-order valence-electron chi connectivity index (χ2n) is 2.58. The number of hydrogen-bond acceptors (Lipinski definition) is 5. The number of pyridine rings is 1. The number of amides is 1. The molecule has 0 saturated carbocycles. The monoisotopic (exact) mass is 284 g/mol. The van der Waals surface area contributed by atoms with Crippen molar-refractivity contribution in [2.24, 2.45) is 0 Å². The van der Waals surface area contributed by atoms with Gasteiger partial charge in [0.1, 0.15) is 5.82 Å². The molecule has 0 aliphatic carbocycles. The third-order valence-corrected chi connectivity index (χ3v) is 2.73. The molecule has 0 unspecified atom stereocenters. The molecule has 2 aromatic heterocycles. The van der Waals surface area contributed by atoms with E-state index in [0.717, 1.165) is 16.0 Å². The number of nitrogens with zero attached hydrogens (tertiary/aromatic N) is 3. The van der Waals surface area contributed by atoms with Crippen LogP contribution in [0.2, 0.25) is 0 Å². The van der Waals surface area contributed by atoms with Crippen molar-refractivity contribution in [2.75, 3.05) is 5.32 Å². The minimum absolute atomic E-state index is 0.289. The molecule has 0 fully saturated rings. The molecule has 7 heteroatoms. The first-order chi connectivity index (χ1) is 7.27. The minimum atomic E-state index is -0.317. The van der Waals surface area contributed by atoms with Crippen LogP contribution >= 0.6 is 27.5 Å². The van der Waals surface area contributed by atoms with Gasteiger partial charge in [0.05, 0.1) is 4.47 Å². The molecule has 0 spiro atoms. The summed E-state index contributed by atoms with van der Waals surface area (Å²) < 4.78 is 4.33. The molecular formula is C8H5BrN4OS. The van der Waals surface area contributed by atoms with Gasteiger partial charge in [-0.25, -0.2) is 4.98 Å². The van der Waals surface area contributed by atoms with Crippen molar-refractivity contribution in [2.45, 2.75) is 0 Å². The van der Waals surface area contributed by atoms with E-state index >= 15 is 0 Å². The predicted octanol–water partition coefficient (Wildman–Crippen LogP) is 1.95. The zero-order valence-corrected chi connectivity index (χ0v) is 9.75. The summed E-state index contributed by atoms with van der Waals surface area (Å²) in [4.78, 5) is 15.6. The molecule has 0 saturated heterocycles. The van der Waals surface area contributed by atoms with Crippen molar-refractivity contribution in [1.82, 2.24) is 14.6 Å². The molecule has 2 aromatic rings. The summed E-state index contributed by atoms with van der Waals surface area (Å²) in [6, 6.07) is 3.56. The standard InChI is InChI=1S/C8H5BrN4OS/c9-5-2-1-3-10-7(5)11-8(14)6-4-15-13-12-6/h1-4H,(H,10,11,14). The molecule has 2 rings (SSSR count). The van der Waals surface area contributed by atoms with E-state index in [-0.39, 0.29) is 11.6 Å². The van der Waals surface area contributed by atoms with Gasteiger partial charge in [0.25, 0.3) is 5.91 Å².